The molecule has 0 heterocycles. The molecule has 152 valence electrons. The second kappa shape index (κ2) is 8.82. The molecule has 0 radical (unpaired) electrons. The van der Waals surface area contributed by atoms with E-state index in [1.807, 2.05) is 24.3 Å². The molecule has 5 nitrogen and oxygen atoms in total. The quantitative estimate of drug-likeness (QED) is 0.536. The molecule has 0 saturated heterocycles. The summed E-state index contributed by atoms with van der Waals surface area (Å²) in [4.78, 5) is 24.7. The van der Waals surface area contributed by atoms with Gasteiger partial charge in [-0.3, -0.25) is 4.79 Å². The lowest BCUT2D eigenvalue weighted by atomic mass is 9.98. The van der Waals surface area contributed by atoms with E-state index in [1.165, 1.54) is 27.2 Å². The van der Waals surface area contributed by atoms with Crippen LogP contribution in [0, 0.1) is 0 Å². The number of carbonyl (C=O) groups is 2. The van der Waals surface area contributed by atoms with Crippen molar-refractivity contribution < 1.29 is 19.1 Å². The van der Waals surface area contributed by atoms with Crippen molar-refractivity contribution in [2.45, 2.75) is 5.92 Å². The zero-order valence-corrected chi connectivity index (χ0v) is 16.8. The Morgan fingerprint density at radius 1 is 0.933 bits per heavy atom. The molecule has 0 aliphatic heterocycles. The maximum atomic E-state index is 12.5. The van der Waals surface area contributed by atoms with Crippen LogP contribution in [0.1, 0.15) is 27.4 Å². The molecule has 4 rings (SSSR count). The summed E-state index contributed by atoms with van der Waals surface area (Å²) in [5.74, 6) is 0.698. The first kappa shape index (κ1) is 19.7. The highest BCUT2D eigenvalue weighted by molar-refractivity contribution is 5.79. The largest absolute Gasteiger partial charge is 0.492 e. The summed E-state index contributed by atoms with van der Waals surface area (Å²) in [6.45, 7) is 1.03. The Morgan fingerprint density at radius 3 is 2.13 bits per heavy atom. The molecular formula is C25H23NO4. The number of rotatable bonds is 7. The van der Waals surface area contributed by atoms with Crippen molar-refractivity contribution >= 4 is 12.4 Å². The number of hydrogen-bond acceptors (Lipinski definition) is 4. The number of likely N-dealkylation sites (N-methyl/N-ethyl adjacent to an activating group) is 1. The number of benzene rings is 3. The average molecular weight is 401 g/mol. The van der Waals surface area contributed by atoms with E-state index in [4.69, 9.17) is 9.47 Å². The van der Waals surface area contributed by atoms with Gasteiger partial charge in [-0.25, -0.2) is 4.79 Å². The molecule has 0 saturated carbocycles. The van der Waals surface area contributed by atoms with Crippen LogP contribution in [0.2, 0.25) is 0 Å². The molecule has 3 aromatic rings. The average Bonchev–Trinajstić information content (AvgIpc) is 3.11. The number of ether oxygens (including phenoxy) is 2. The van der Waals surface area contributed by atoms with Crippen LogP contribution in [0.25, 0.3) is 11.1 Å². The highest BCUT2D eigenvalue weighted by atomic mass is 16.6. The fourth-order valence-electron chi connectivity index (χ4n) is 3.74. The Labute approximate surface area is 175 Å². The first-order valence-electron chi connectivity index (χ1n) is 9.91. The van der Waals surface area contributed by atoms with Crippen LogP contribution in [0.4, 0.5) is 4.79 Å². The van der Waals surface area contributed by atoms with E-state index in [9.17, 15) is 9.59 Å². The highest BCUT2D eigenvalue weighted by Crippen LogP contribution is 2.44. The van der Waals surface area contributed by atoms with Gasteiger partial charge in [0.15, 0.2) is 0 Å². The number of amides is 1. The van der Waals surface area contributed by atoms with Crippen molar-refractivity contribution in [3.8, 4) is 16.9 Å². The smallest absolute Gasteiger partial charge is 0.409 e. The highest BCUT2D eigenvalue weighted by Gasteiger charge is 2.29. The minimum atomic E-state index is -0.378. The standard InChI is InChI=1S/C25H23NO4/c1-26(14-15-29-19-12-10-18(16-27)11-13-19)25(28)30-17-24-22-8-4-2-6-20(22)21-7-3-5-9-23(21)24/h2-13,16,24H,14-15,17H2,1H3. The number of nitrogens with zero attached hydrogens (tertiary/aromatic N) is 1. The van der Waals surface area contributed by atoms with E-state index in [0.29, 0.717) is 31.1 Å². The van der Waals surface area contributed by atoms with Gasteiger partial charge in [0.25, 0.3) is 0 Å². The Morgan fingerprint density at radius 2 is 1.53 bits per heavy atom. The molecule has 0 unspecified atom stereocenters. The van der Waals surface area contributed by atoms with Crippen molar-refractivity contribution in [3.63, 3.8) is 0 Å². The number of carbonyl (C=O) groups excluding carboxylic acids is 2. The first-order valence-corrected chi connectivity index (χ1v) is 9.91. The van der Waals surface area contributed by atoms with Crippen molar-refractivity contribution in [1.29, 1.82) is 0 Å². The Bertz CT molecular complexity index is 1000. The Balaban J connectivity index is 1.31. The van der Waals surface area contributed by atoms with Gasteiger partial charge in [-0.05, 0) is 46.5 Å². The lowest BCUT2D eigenvalue weighted by Gasteiger charge is -2.20. The molecule has 0 bridgehead atoms. The summed E-state index contributed by atoms with van der Waals surface area (Å²) in [6.07, 6.45) is 0.408. The maximum Gasteiger partial charge on any atom is 0.409 e. The fraction of sp³-hybridized carbons (Fsp3) is 0.200. The third-order valence-electron chi connectivity index (χ3n) is 5.36. The van der Waals surface area contributed by atoms with Gasteiger partial charge in [0.2, 0.25) is 0 Å². The fourth-order valence-corrected chi connectivity index (χ4v) is 3.74. The minimum absolute atomic E-state index is 0.0438. The zero-order valence-electron chi connectivity index (χ0n) is 16.8. The molecule has 0 spiro atoms. The van der Waals surface area contributed by atoms with Crippen LogP contribution in [-0.2, 0) is 4.74 Å². The van der Waals surface area contributed by atoms with Gasteiger partial charge in [0, 0.05) is 18.5 Å². The number of aldehydes is 1. The van der Waals surface area contributed by atoms with E-state index in [2.05, 4.69) is 24.3 Å². The minimum Gasteiger partial charge on any atom is -0.492 e. The normalized spacial score (nSPS) is 12.0. The van der Waals surface area contributed by atoms with Gasteiger partial charge in [-0.15, -0.1) is 0 Å². The Kier molecular flexibility index (Phi) is 5.80. The van der Waals surface area contributed by atoms with Crippen LogP contribution in [-0.4, -0.2) is 44.1 Å². The monoisotopic (exact) mass is 401 g/mol. The summed E-state index contributed by atoms with van der Waals surface area (Å²) in [5.41, 5.74) is 5.39. The topological polar surface area (TPSA) is 55.8 Å². The second-order valence-electron chi connectivity index (χ2n) is 7.26. The van der Waals surface area contributed by atoms with Crippen molar-refractivity contribution in [2.75, 3.05) is 26.8 Å². The summed E-state index contributed by atoms with van der Waals surface area (Å²) in [5, 5.41) is 0. The summed E-state index contributed by atoms with van der Waals surface area (Å²) < 4.78 is 11.3. The number of hydrogen-bond donors (Lipinski definition) is 0. The summed E-state index contributed by atoms with van der Waals surface area (Å²) >= 11 is 0. The van der Waals surface area contributed by atoms with E-state index in [-0.39, 0.29) is 12.0 Å². The lowest BCUT2D eigenvalue weighted by Crippen LogP contribution is -2.32. The Hall–Kier alpha value is -3.60. The van der Waals surface area contributed by atoms with Gasteiger partial charge in [-0.1, -0.05) is 48.5 Å². The van der Waals surface area contributed by atoms with Crippen molar-refractivity contribution in [1.82, 2.24) is 4.90 Å². The van der Waals surface area contributed by atoms with Gasteiger partial charge >= 0.3 is 6.09 Å². The predicted octanol–water partition coefficient (Wildman–Crippen LogP) is 4.76. The summed E-state index contributed by atoms with van der Waals surface area (Å²) in [7, 11) is 1.69. The summed E-state index contributed by atoms with van der Waals surface area (Å²) in [6, 6.07) is 23.4. The zero-order chi connectivity index (χ0) is 20.9. The molecule has 1 aliphatic carbocycles. The van der Waals surface area contributed by atoms with E-state index >= 15 is 0 Å². The molecule has 0 fully saturated rings. The molecule has 0 N–H and O–H groups in total. The van der Waals surface area contributed by atoms with Crippen LogP contribution in [0.5, 0.6) is 5.75 Å². The third kappa shape index (κ3) is 4.06. The molecule has 0 aromatic heterocycles. The van der Waals surface area contributed by atoms with Crippen molar-refractivity contribution in [2.24, 2.45) is 0 Å². The van der Waals surface area contributed by atoms with Crippen LogP contribution < -0.4 is 4.74 Å². The number of fused-ring (bicyclic) bond motifs is 3. The maximum absolute atomic E-state index is 12.5. The molecular weight excluding hydrogens is 378 g/mol. The predicted molar refractivity (Wildman–Crippen MR) is 115 cm³/mol. The van der Waals surface area contributed by atoms with Gasteiger partial charge in [-0.2, -0.15) is 0 Å². The van der Waals surface area contributed by atoms with Crippen LogP contribution in [0.3, 0.4) is 0 Å². The second-order valence-corrected chi connectivity index (χ2v) is 7.26. The van der Waals surface area contributed by atoms with Gasteiger partial charge in [0.05, 0.1) is 6.54 Å². The van der Waals surface area contributed by atoms with Crippen molar-refractivity contribution in [3.05, 3.63) is 89.5 Å². The molecule has 5 heteroatoms. The van der Waals surface area contributed by atoms with E-state index < -0.39 is 0 Å². The SMILES string of the molecule is CN(CCOc1ccc(C=O)cc1)C(=O)OCC1c2ccccc2-c2ccccc21. The third-order valence-corrected chi connectivity index (χ3v) is 5.36. The van der Waals surface area contributed by atoms with E-state index in [0.717, 1.165) is 6.29 Å². The van der Waals surface area contributed by atoms with Gasteiger partial charge in [0.1, 0.15) is 25.2 Å². The lowest BCUT2D eigenvalue weighted by molar-refractivity contribution is 0.103. The molecule has 30 heavy (non-hydrogen) atoms. The first-order chi connectivity index (χ1) is 14.7. The van der Waals surface area contributed by atoms with Crippen LogP contribution >= 0.6 is 0 Å². The molecule has 1 amide bonds. The van der Waals surface area contributed by atoms with Gasteiger partial charge < -0.3 is 14.4 Å². The molecule has 0 atom stereocenters. The van der Waals surface area contributed by atoms with E-state index in [1.54, 1.807) is 31.3 Å². The molecule has 1 aliphatic rings. The molecule has 3 aromatic carbocycles. The van der Waals surface area contributed by atoms with Crippen LogP contribution in [0.15, 0.2) is 72.8 Å².